The topological polar surface area (TPSA) is 44.9 Å². The van der Waals surface area contributed by atoms with E-state index in [0.29, 0.717) is 22.8 Å². The molecule has 4 aromatic carbocycles. The van der Waals surface area contributed by atoms with Crippen LogP contribution in [0.15, 0.2) is 97.2 Å². The van der Waals surface area contributed by atoms with E-state index < -0.39 is 0 Å². The van der Waals surface area contributed by atoms with Gasteiger partial charge in [-0.2, -0.15) is 17.2 Å². The van der Waals surface area contributed by atoms with Crippen molar-refractivity contribution >= 4 is 21.8 Å². The van der Waals surface area contributed by atoms with Crippen LogP contribution in [0, 0.1) is 37.3 Å². The van der Waals surface area contributed by atoms with Gasteiger partial charge in [0.2, 0.25) is 0 Å². The summed E-state index contributed by atoms with van der Waals surface area (Å²) < 4.78 is 10.7. The van der Waals surface area contributed by atoms with Gasteiger partial charge < -0.3 is 9.30 Å². The summed E-state index contributed by atoms with van der Waals surface area (Å²) in [6, 6.07) is 38.9. The van der Waals surface area contributed by atoms with Crippen molar-refractivity contribution < 1.29 is 25.8 Å². The van der Waals surface area contributed by atoms with Crippen LogP contribution in [0.5, 0.6) is 11.5 Å². The van der Waals surface area contributed by atoms with Crippen LogP contribution in [0.3, 0.4) is 0 Å². The van der Waals surface area contributed by atoms with E-state index in [-0.39, 0.29) is 21.1 Å². The number of unbranched alkanes of at least 4 members (excludes halogenated alkanes) is 1. The van der Waals surface area contributed by atoms with Crippen molar-refractivity contribution in [2.75, 3.05) is 0 Å². The average Bonchev–Trinajstić information content (AvgIpc) is 3.58. The first-order chi connectivity index (χ1) is 24.5. The summed E-state index contributed by atoms with van der Waals surface area (Å²) in [6.07, 6.45) is 7.65. The Balaban J connectivity index is 0.00000464. The summed E-state index contributed by atoms with van der Waals surface area (Å²) in [6.45, 7) is 15.6. The Morgan fingerprint density at radius 3 is 2.35 bits per heavy atom. The molecule has 0 bridgehead atoms. The molecule has 52 heavy (non-hydrogen) atoms. The number of benzene rings is 4. The SMILES string of the molecule is Cc1nn(-c2[c-]c(Oc3[c-]c4c(cc3)c3cc(CCCCC(C)(C)C)ccc3n4-c3cc(CC(C)C)ccn3)ccc2)c(C)c1-c1ccccc1.[Pt+2]. The zero-order chi connectivity index (χ0) is 35.7. The van der Waals surface area contributed by atoms with E-state index in [1.54, 1.807) is 0 Å². The summed E-state index contributed by atoms with van der Waals surface area (Å²) in [5.41, 5.74) is 10.2. The maximum absolute atomic E-state index is 6.50. The fraction of sp³-hybridized carbons (Fsp3) is 0.304. The molecule has 0 saturated carbocycles. The van der Waals surface area contributed by atoms with E-state index in [1.807, 2.05) is 41.2 Å². The minimum Gasteiger partial charge on any atom is -0.509 e. The Bertz CT molecular complexity index is 2310. The van der Waals surface area contributed by atoms with Gasteiger partial charge >= 0.3 is 21.1 Å². The van der Waals surface area contributed by atoms with Crippen LogP contribution in [0.1, 0.15) is 76.4 Å². The summed E-state index contributed by atoms with van der Waals surface area (Å²) in [7, 11) is 0. The number of hydrogen-bond donors (Lipinski definition) is 0. The van der Waals surface area contributed by atoms with Gasteiger partial charge in [0.25, 0.3) is 0 Å². The molecule has 3 aromatic heterocycles. The molecule has 3 heterocycles. The van der Waals surface area contributed by atoms with Gasteiger partial charge in [0, 0.05) is 34.5 Å². The molecule has 0 aliphatic carbocycles. The maximum Gasteiger partial charge on any atom is 2.00 e. The quantitative estimate of drug-likeness (QED) is 0.0961. The number of ether oxygens (including phenoxy) is 1. The molecule has 0 unspecified atom stereocenters. The smallest absolute Gasteiger partial charge is 0.509 e. The van der Waals surface area contributed by atoms with Crippen LogP contribution < -0.4 is 4.74 Å². The van der Waals surface area contributed by atoms with Gasteiger partial charge in [-0.05, 0) is 96.8 Å². The van der Waals surface area contributed by atoms with Gasteiger partial charge in [-0.3, -0.25) is 4.68 Å². The van der Waals surface area contributed by atoms with E-state index in [9.17, 15) is 0 Å². The first-order valence-electron chi connectivity index (χ1n) is 18.3. The number of aryl methyl sites for hydroxylation is 2. The van der Waals surface area contributed by atoms with Gasteiger partial charge in [-0.15, -0.1) is 35.7 Å². The number of hydrogen-bond acceptors (Lipinski definition) is 3. The predicted octanol–water partition coefficient (Wildman–Crippen LogP) is 12.0. The van der Waals surface area contributed by atoms with Gasteiger partial charge in [-0.1, -0.05) is 89.0 Å². The molecule has 5 nitrogen and oxygen atoms in total. The Morgan fingerprint density at radius 2 is 1.58 bits per heavy atom. The second-order valence-electron chi connectivity index (χ2n) is 15.5. The van der Waals surface area contributed by atoms with Crippen LogP contribution in [-0.2, 0) is 33.9 Å². The maximum atomic E-state index is 6.50. The van der Waals surface area contributed by atoms with E-state index in [0.717, 1.165) is 63.3 Å². The molecule has 0 atom stereocenters. The summed E-state index contributed by atoms with van der Waals surface area (Å²) >= 11 is 0. The zero-order valence-electron chi connectivity index (χ0n) is 31.4. The van der Waals surface area contributed by atoms with Crippen LogP contribution in [-0.4, -0.2) is 19.3 Å². The van der Waals surface area contributed by atoms with Crippen molar-refractivity contribution in [2.24, 2.45) is 11.3 Å². The predicted molar refractivity (Wildman–Crippen MR) is 210 cm³/mol. The molecule has 0 radical (unpaired) electrons. The molecule has 0 saturated heterocycles. The standard InChI is InChI=1S/C46H48N4O.Pt/c1-31(2)26-35-23-25-47-44(28-35)49-42-22-19-34(14-11-12-24-46(5,6)7)27-41(42)40-21-20-39(30-43(40)49)51-38-18-13-17-37(29-38)50-33(4)45(32(3)48-50)36-15-9-8-10-16-36;/h8-10,13,15-23,25,27-28,31H,11-12,14,24,26H2,1-7H3;/q-2;+2. The molecular weight excluding hydrogens is 820 g/mol. The molecule has 0 N–H and O–H groups in total. The molecule has 7 aromatic rings. The first kappa shape index (κ1) is 37.3. The van der Waals surface area contributed by atoms with E-state index in [1.165, 1.54) is 35.8 Å². The largest absolute Gasteiger partial charge is 2.00 e. The van der Waals surface area contributed by atoms with Crippen molar-refractivity contribution in [3.63, 3.8) is 0 Å². The average molecular weight is 868 g/mol. The van der Waals surface area contributed by atoms with Crippen molar-refractivity contribution in [3.8, 4) is 34.1 Å². The molecule has 0 fully saturated rings. The molecule has 7 rings (SSSR count). The number of aromatic nitrogens is 4. The van der Waals surface area contributed by atoms with Crippen LogP contribution >= 0.6 is 0 Å². The minimum atomic E-state index is 0. The summed E-state index contributed by atoms with van der Waals surface area (Å²) in [5, 5.41) is 7.24. The Kier molecular flexibility index (Phi) is 11.2. The first-order valence-corrected chi connectivity index (χ1v) is 18.3. The van der Waals surface area contributed by atoms with Crippen molar-refractivity contribution in [1.82, 2.24) is 19.3 Å². The molecule has 6 heteroatoms. The number of nitrogens with zero attached hydrogens (tertiary/aromatic N) is 4. The van der Waals surface area contributed by atoms with Crippen LogP contribution in [0.4, 0.5) is 0 Å². The van der Waals surface area contributed by atoms with Gasteiger partial charge in [0.05, 0.1) is 5.69 Å². The molecule has 0 aliphatic heterocycles. The van der Waals surface area contributed by atoms with Gasteiger partial charge in [-0.25, -0.2) is 4.98 Å². The molecule has 0 amide bonds. The molecule has 268 valence electrons. The Morgan fingerprint density at radius 1 is 0.788 bits per heavy atom. The normalized spacial score (nSPS) is 11.8. The fourth-order valence-corrected chi connectivity index (χ4v) is 7.23. The third-order valence-corrected chi connectivity index (χ3v) is 9.59. The number of pyridine rings is 1. The Labute approximate surface area is 323 Å². The van der Waals surface area contributed by atoms with E-state index in [4.69, 9.17) is 14.8 Å². The molecular formula is C46H48N4OPt. The van der Waals surface area contributed by atoms with Gasteiger partial charge in [0.15, 0.2) is 0 Å². The monoisotopic (exact) mass is 867 g/mol. The van der Waals surface area contributed by atoms with E-state index >= 15 is 0 Å². The number of rotatable bonds is 11. The Hall–Kier alpha value is -4.47. The molecule has 0 aliphatic rings. The van der Waals surface area contributed by atoms with Crippen molar-refractivity contribution in [2.45, 2.75) is 80.6 Å². The van der Waals surface area contributed by atoms with Crippen molar-refractivity contribution in [3.05, 3.63) is 132 Å². The third-order valence-electron chi connectivity index (χ3n) is 9.59. The second kappa shape index (κ2) is 15.6. The fourth-order valence-electron chi connectivity index (χ4n) is 7.23. The van der Waals surface area contributed by atoms with Crippen LogP contribution in [0.25, 0.3) is 44.4 Å². The van der Waals surface area contributed by atoms with Gasteiger partial charge in [0.1, 0.15) is 5.82 Å². The zero-order valence-corrected chi connectivity index (χ0v) is 33.6. The number of fused-ring (bicyclic) bond motifs is 3. The third kappa shape index (κ3) is 8.11. The van der Waals surface area contributed by atoms with Crippen molar-refractivity contribution in [1.29, 1.82) is 0 Å². The second-order valence-corrected chi connectivity index (χ2v) is 15.5. The summed E-state index contributed by atoms with van der Waals surface area (Å²) in [4.78, 5) is 4.88. The molecule has 0 spiro atoms. The van der Waals surface area contributed by atoms with Crippen LogP contribution in [0.2, 0.25) is 0 Å². The minimum absolute atomic E-state index is 0. The van der Waals surface area contributed by atoms with E-state index in [2.05, 4.69) is 126 Å². The summed E-state index contributed by atoms with van der Waals surface area (Å²) in [5.74, 6) is 2.68.